The molecule has 82 valence electrons. The van der Waals surface area contributed by atoms with Gasteiger partial charge >= 0.3 is 0 Å². The Morgan fingerprint density at radius 1 is 1.47 bits per heavy atom. The van der Waals surface area contributed by atoms with Crippen LogP contribution >= 0.6 is 0 Å². The Bertz CT molecular complexity index is 396. The first-order valence-electron chi connectivity index (χ1n) is 5.17. The van der Waals surface area contributed by atoms with Gasteiger partial charge in [-0.05, 0) is 24.5 Å². The summed E-state index contributed by atoms with van der Waals surface area (Å²) in [5, 5.41) is 0. The van der Waals surface area contributed by atoms with E-state index in [2.05, 4.69) is 11.9 Å². The molecule has 4 heteroatoms. The fraction of sp³-hybridized carbons (Fsp3) is 0.455. The fourth-order valence-electron chi connectivity index (χ4n) is 1.56. The molecule has 0 spiro atoms. The molecule has 0 radical (unpaired) electrons. The minimum absolute atomic E-state index is 0.105. The summed E-state index contributed by atoms with van der Waals surface area (Å²) in [5.41, 5.74) is 5.62. The highest BCUT2D eigenvalue weighted by Gasteiger charge is 2.11. The molecule has 1 aromatic heterocycles. The van der Waals surface area contributed by atoms with Gasteiger partial charge in [0.2, 0.25) is 0 Å². The van der Waals surface area contributed by atoms with E-state index < -0.39 is 11.5 Å². The van der Waals surface area contributed by atoms with Gasteiger partial charge in [-0.2, -0.15) is 0 Å². The van der Waals surface area contributed by atoms with Crippen molar-refractivity contribution in [3.63, 3.8) is 0 Å². The molecule has 0 aliphatic rings. The molecule has 0 saturated heterocycles. The van der Waals surface area contributed by atoms with E-state index in [1.165, 1.54) is 0 Å². The standard InChI is InChI=1S/C11H16N2O2/c1-2-3-4-5-8-6-7-13-11(15)9(8)10(12)14/h6-7H,2-5H2,1H3,(H2,12,14)(H,13,15). The van der Waals surface area contributed by atoms with E-state index in [0.29, 0.717) is 0 Å². The van der Waals surface area contributed by atoms with Crippen LogP contribution < -0.4 is 11.3 Å². The number of unbranched alkanes of at least 4 members (excludes halogenated alkanes) is 2. The maximum Gasteiger partial charge on any atom is 0.261 e. The molecule has 0 atom stereocenters. The molecule has 1 heterocycles. The zero-order chi connectivity index (χ0) is 11.3. The molecule has 1 rings (SSSR count). The fourth-order valence-corrected chi connectivity index (χ4v) is 1.56. The number of hydrogen-bond donors (Lipinski definition) is 2. The zero-order valence-electron chi connectivity index (χ0n) is 8.88. The molecule has 0 saturated carbocycles. The molecule has 3 N–H and O–H groups in total. The first-order valence-corrected chi connectivity index (χ1v) is 5.17. The van der Waals surface area contributed by atoms with Crippen molar-refractivity contribution in [2.45, 2.75) is 32.6 Å². The number of carbonyl (C=O) groups excluding carboxylic acids is 1. The van der Waals surface area contributed by atoms with Crippen LogP contribution in [0.5, 0.6) is 0 Å². The maximum atomic E-state index is 11.4. The topological polar surface area (TPSA) is 75.9 Å². The summed E-state index contributed by atoms with van der Waals surface area (Å²) in [7, 11) is 0. The highest BCUT2D eigenvalue weighted by molar-refractivity contribution is 5.93. The van der Waals surface area contributed by atoms with Gasteiger partial charge in [0.25, 0.3) is 11.5 Å². The van der Waals surface area contributed by atoms with Crippen LogP contribution in [0.2, 0.25) is 0 Å². The van der Waals surface area contributed by atoms with E-state index in [1.807, 2.05) is 0 Å². The first-order chi connectivity index (χ1) is 7.16. The Kier molecular flexibility index (Phi) is 4.09. The van der Waals surface area contributed by atoms with Crippen molar-refractivity contribution in [1.29, 1.82) is 0 Å². The number of aromatic amines is 1. The molecular formula is C11H16N2O2. The van der Waals surface area contributed by atoms with Crippen molar-refractivity contribution in [2.24, 2.45) is 5.73 Å². The van der Waals surface area contributed by atoms with E-state index in [-0.39, 0.29) is 5.56 Å². The van der Waals surface area contributed by atoms with Crippen LogP contribution in [0.1, 0.15) is 42.1 Å². The van der Waals surface area contributed by atoms with Gasteiger partial charge in [0.15, 0.2) is 0 Å². The summed E-state index contributed by atoms with van der Waals surface area (Å²) in [5.74, 6) is -0.650. The SMILES string of the molecule is CCCCCc1cc[nH]c(=O)c1C(N)=O. The molecular weight excluding hydrogens is 192 g/mol. The number of nitrogens with two attached hydrogens (primary N) is 1. The average molecular weight is 208 g/mol. The van der Waals surface area contributed by atoms with Crippen molar-refractivity contribution >= 4 is 5.91 Å². The zero-order valence-corrected chi connectivity index (χ0v) is 8.88. The summed E-state index contributed by atoms with van der Waals surface area (Å²) >= 11 is 0. The molecule has 0 unspecified atom stereocenters. The van der Waals surface area contributed by atoms with Crippen molar-refractivity contribution in [1.82, 2.24) is 4.98 Å². The molecule has 1 amide bonds. The van der Waals surface area contributed by atoms with Crippen LogP contribution in [-0.4, -0.2) is 10.9 Å². The number of pyridine rings is 1. The second-order valence-electron chi connectivity index (χ2n) is 3.53. The molecule has 0 fully saturated rings. The van der Waals surface area contributed by atoms with Crippen LogP contribution in [0.4, 0.5) is 0 Å². The van der Waals surface area contributed by atoms with Gasteiger partial charge in [0.05, 0.1) is 0 Å². The number of amides is 1. The lowest BCUT2D eigenvalue weighted by atomic mass is 10.0. The van der Waals surface area contributed by atoms with E-state index in [9.17, 15) is 9.59 Å². The second-order valence-corrected chi connectivity index (χ2v) is 3.53. The van der Waals surface area contributed by atoms with Gasteiger partial charge in [-0.1, -0.05) is 19.8 Å². The van der Waals surface area contributed by atoms with Gasteiger partial charge in [-0.15, -0.1) is 0 Å². The lowest BCUT2D eigenvalue weighted by molar-refractivity contribution is 0.0998. The Hall–Kier alpha value is -1.58. The van der Waals surface area contributed by atoms with Gasteiger partial charge in [-0.3, -0.25) is 9.59 Å². The van der Waals surface area contributed by atoms with Crippen molar-refractivity contribution in [2.75, 3.05) is 0 Å². The summed E-state index contributed by atoms with van der Waals surface area (Å²) in [6.07, 6.45) is 5.45. The van der Waals surface area contributed by atoms with E-state index >= 15 is 0 Å². The van der Waals surface area contributed by atoms with Gasteiger partial charge in [0.1, 0.15) is 5.56 Å². The highest BCUT2D eigenvalue weighted by Crippen LogP contribution is 2.08. The summed E-state index contributed by atoms with van der Waals surface area (Å²) < 4.78 is 0. The van der Waals surface area contributed by atoms with E-state index in [4.69, 9.17) is 5.73 Å². The van der Waals surface area contributed by atoms with Gasteiger partial charge in [-0.25, -0.2) is 0 Å². The number of aryl methyl sites for hydroxylation is 1. The molecule has 0 aliphatic heterocycles. The maximum absolute atomic E-state index is 11.4. The average Bonchev–Trinajstić information content (AvgIpc) is 2.17. The molecule has 1 aromatic rings. The van der Waals surface area contributed by atoms with Crippen molar-refractivity contribution in [3.8, 4) is 0 Å². The monoisotopic (exact) mass is 208 g/mol. The van der Waals surface area contributed by atoms with E-state index in [1.54, 1.807) is 12.3 Å². The molecule has 0 bridgehead atoms. The first kappa shape index (κ1) is 11.5. The van der Waals surface area contributed by atoms with Crippen molar-refractivity contribution < 1.29 is 4.79 Å². The van der Waals surface area contributed by atoms with Gasteiger partial charge in [0, 0.05) is 6.20 Å². The predicted octanol–water partition coefficient (Wildman–Crippen LogP) is 1.21. The van der Waals surface area contributed by atoms with Crippen LogP contribution in [0.15, 0.2) is 17.1 Å². The van der Waals surface area contributed by atoms with Crippen LogP contribution in [0.25, 0.3) is 0 Å². The summed E-state index contributed by atoms with van der Waals surface area (Å²) in [6, 6.07) is 1.75. The number of primary amides is 1. The smallest absolute Gasteiger partial charge is 0.261 e. The number of carbonyl (C=O) groups is 1. The third-order valence-electron chi connectivity index (χ3n) is 2.34. The Balaban J connectivity index is 2.91. The molecule has 15 heavy (non-hydrogen) atoms. The minimum atomic E-state index is -0.650. The van der Waals surface area contributed by atoms with Crippen LogP contribution in [0.3, 0.4) is 0 Å². The van der Waals surface area contributed by atoms with Crippen LogP contribution in [-0.2, 0) is 6.42 Å². The largest absolute Gasteiger partial charge is 0.365 e. The van der Waals surface area contributed by atoms with Gasteiger partial charge < -0.3 is 10.7 Å². The normalized spacial score (nSPS) is 10.2. The predicted molar refractivity (Wildman–Crippen MR) is 58.8 cm³/mol. The Morgan fingerprint density at radius 2 is 2.20 bits per heavy atom. The van der Waals surface area contributed by atoms with E-state index in [0.717, 1.165) is 31.2 Å². The van der Waals surface area contributed by atoms with Crippen molar-refractivity contribution in [3.05, 3.63) is 33.7 Å². The van der Waals surface area contributed by atoms with Crippen LogP contribution in [0, 0.1) is 0 Å². The number of hydrogen-bond acceptors (Lipinski definition) is 2. The number of H-pyrrole nitrogens is 1. The molecule has 0 aromatic carbocycles. The molecule has 0 aliphatic carbocycles. The third kappa shape index (κ3) is 2.94. The highest BCUT2D eigenvalue weighted by atomic mass is 16.2. The second kappa shape index (κ2) is 5.34. The number of nitrogens with one attached hydrogen (secondary N) is 1. The number of rotatable bonds is 5. The minimum Gasteiger partial charge on any atom is -0.365 e. The lowest BCUT2D eigenvalue weighted by Gasteiger charge is -2.04. The lowest BCUT2D eigenvalue weighted by Crippen LogP contribution is -2.25. The summed E-state index contributed by atoms with van der Waals surface area (Å²) in [6.45, 7) is 2.10. The quantitative estimate of drug-likeness (QED) is 0.713. The third-order valence-corrected chi connectivity index (χ3v) is 2.34. The summed E-state index contributed by atoms with van der Waals surface area (Å²) in [4.78, 5) is 24.9. The molecule has 4 nitrogen and oxygen atoms in total. The Labute approximate surface area is 88.5 Å². The number of aromatic nitrogens is 1. The Morgan fingerprint density at radius 3 is 2.80 bits per heavy atom.